The normalized spacial score (nSPS) is 16.9. The van der Waals surface area contributed by atoms with E-state index in [1.807, 2.05) is 17.0 Å². The first-order valence-electron chi connectivity index (χ1n) is 5.98. The molecule has 1 saturated heterocycles. The first kappa shape index (κ1) is 13.7. The number of carbonyl (C=O) groups is 1. The summed E-state index contributed by atoms with van der Waals surface area (Å²) in [5.41, 5.74) is 1.04. The molecule has 0 bridgehead atoms. The number of halogens is 2. The van der Waals surface area contributed by atoms with E-state index in [0.29, 0.717) is 10.0 Å². The molecule has 0 saturated carbocycles. The van der Waals surface area contributed by atoms with Crippen molar-refractivity contribution < 1.29 is 4.79 Å². The van der Waals surface area contributed by atoms with E-state index in [9.17, 15) is 4.79 Å². The minimum atomic E-state index is 0.149. The van der Waals surface area contributed by atoms with Gasteiger partial charge >= 0.3 is 0 Å². The van der Waals surface area contributed by atoms with Crippen LogP contribution >= 0.6 is 23.2 Å². The van der Waals surface area contributed by atoms with E-state index in [-0.39, 0.29) is 5.91 Å². The van der Waals surface area contributed by atoms with Crippen molar-refractivity contribution in [2.45, 2.75) is 13.5 Å². The Bertz CT molecular complexity index is 443. The molecule has 0 aromatic heterocycles. The van der Waals surface area contributed by atoms with E-state index in [4.69, 9.17) is 23.2 Å². The zero-order chi connectivity index (χ0) is 13.1. The third kappa shape index (κ3) is 3.16. The molecule has 0 N–H and O–H groups in total. The second-order valence-electron chi connectivity index (χ2n) is 4.50. The number of hydrogen-bond donors (Lipinski definition) is 0. The van der Waals surface area contributed by atoms with Crippen molar-refractivity contribution in [3.8, 4) is 0 Å². The number of amides is 1. The minimum Gasteiger partial charge on any atom is -0.340 e. The average Bonchev–Trinajstić information content (AvgIpc) is 2.36. The molecular weight excluding hydrogens is 271 g/mol. The summed E-state index contributed by atoms with van der Waals surface area (Å²) in [6, 6.07) is 5.70. The Hall–Kier alpha value is -0.770. The van der Waals surface area contributed by atoms with E-state index in [2.05, 4.69) is 4.90 Å². The van der Waals surface area contributed by atoms with Gasteiger partial charge in [0.1, 0.15) is 0 Å². The fourth-order valence-electron chi connectivity index (χ4n) is 2.13. The molecule has 0 atom stereocenters. The molecule has 0 aliphatic carbocycles. The van der Waals surface area contributed by atoms with E-state index in [1.165, 1.54) is 0 Å². The van der Waals surface area contributed by atoms with Crippen molar-refractivity contribution in [2.24, 2.45) is 0 Å². The van der Waals surface area contributed by atoms with Gasteiger partial charge in [0.05, 0.1) is 10.0 Å². The zero-order valence-electron chi connectivity index (χ0n) is 10.3. The highest BCUT2D eigenvalue weighted by atomic mass is 35.5. The van der Waals surface area contributed by atoms with E-state index in [0.717, 1.165) is 38.3 Å². The topological polar surface area (TPSA) is 23.6 Å². The van der Waals surface area contributed by atoms with Crippen LogP contribution in [0.1, 0.15) is 12.5 Å². The molecular formula is C13H16Cl2N2O. The summed E-state index contributed by atoms with van der Waals surface area (Å²) in [7, 11) is 0. The second kappa shape index (κ2) is 5.91. The van der Waals surface area contributed by atoms with Crippen LogP contribution in [0.4, 0.5) is 0 Å². The molecule has 18 heavy (non-hydrogen) atoms. The molecule has 0 unspecified atom stereocenters. The highest BCUT2D eigenvalue weighted by Gasteiger charge is 2.19. The highest BCUT2D eigenvalue weighted by molar-refractivity contribution is 6.42. The number of nitrogens with zero attached hydrogens (tertiary/aromatic N) is 2. The van der Waals surface area contributed by atoms with Crippen molar-refractivity contribution in [1.82, 2.24) is 9.80 Å². The van der Waals surface area contributed by atoms with Crippen LogP contribution in [0.25, 0.3) is 0 Å². The quantitative estimate of drug-likeness (QED) is 0.835. The van der Waals surface area contributed by atoms with Crippen LogP contribution in [0.2, 0.25) is 10.0 Å². The summed E-state index contributed by atoms with van der Waals surface area (Å²) >= 11 is 12.2. The predicted octanol–water partition coefficient (Wildman–Crippen LogP) is 2.66. The fraction of sp³-hybridized carbons (Fsp3) is 0.462. The molecule has 1 fully saturated rings. The van der Waals surface area contributed by atoms with Gasteiger partial charge in [0, 0.05) is 39.6 Å². The molecule has 1 aromatic rings. The van der Waals surface area contributed by atoms with Gasteiger partial charge in [-0.3, -0.25) is 9.69 Å². The lowest BCUT2D eigenvalue weighted by molar-refractivity contribution is -0.130. The van der Waals surface area contributed by atoms with Crippen molar-refractivity contribution in [2.75, 3.05) is 26.2 Å². The van der Waals surface area contributed by atoms with E-state index >= 15 is 0 Å². The van der Waals surface area contributed by atoms with E-state index in [1.54, 1.807) is 13.0 Å². The van der Waals surface area contributed by atoms with Gasteiger partial charge in [0.15, 0.2) is 0 Å². The van der Waals surface area contributed by atoms with Crippen LogP contribution in [0.15, 0.2) is 18.2 Å². The number of carbonyl (C=O) groups excluding carboxylic acids is 1. The summed E-state index contributed by atoms with van der Waals surface area (Å²) in [6.07, 6.45) is 0. The second-order valence-corrected chi connectivity index (χ2v) is 5.28. The van der Waals surface area contributed by atoms with Crippen LogP contribution in [-0.2, 0) is 11.3 Å². The Kier molecular flexibility index (Phi) is 4.49. The van der Waals surface area contributed by atoms with E-state index < -0.39 is 0 Å². The SMILES string of the molecule is CC(=O)N1CCN(Cc2cccc(Cl)c2Cl)CC1. The van der Waals surface area contributed by atoms with Gasteiger partial charge in [0.2, 0.25) is 5.91 Å². The number of piperazine rings is 1. The predicted molar refractivity (Wildman–Crippen MR) is 74.0 cm³/mol. The Balaban J connectivity index is 1.96. The summed E-state index contributed by atoms with van der Waals surface area (Å²) in [4.78, 5) is 15.4. The van der Waals surface area contributed by atoms with Crippen molar-refractivity contribution in [1.29, 1.82) is 0 Å². The van der Waals surface area contributed by atoms with Gasteiger partial charge in [-0.1, -0.05) is 35.3 Å². The largest absolute Gasteiger partial charge is 0.340 e. The fourth-order valence-corrected chi connectivity index (χ4v) is 2.51. The Morgan fingerprint density at radius 3 is 2.50 bits per heavy atom. The molecule has 1 aliphatic rings. The Labute approximate surface area is 117 Å². The average molecular weight is 287 g/mol. The molecule has 0 spiro atoms. The summed E-state index contributed by atoms with van der Waals surface area (Å²) in [6.45, 7) is 5.72. The lowest BCUT2D eigenvalue weighted by Crippen LogP contribution is -2.47. The Morgan fingerprint density at radius 2 is 1.89 bits per heavy atom. The lowest BCUT2D eigenvalue weighted by atomic mass is 10.2. The van der Waals surface area contributed by atoms with Crippen molar-refractivity contribution >= 4 is 29.1 Å². The summed E-state index contributed by atoms with van der Waals surface area (Å²) in [5.74, 6) is 0.149. The van der Waals surface area contributed by atoms with Crippen LogP contribution in [-0.4, -0.2) is 41.9 Å². The molecule has 3 nitrogen and oxygen atoms in total. The standard InChI is InChI=1S/C13H16Cl2N2O/c1-10(18)17-7-5-16(6-8-17)9-11-3-2-4-12(14)13(11)15/h2-4H,5-9H2,1H3. The van der Waals surface area contributed by atoms with Crippen LogP contribution in [0.3, 0.4) is 0 Å². The monoisotopic (exact) mass is 286 g/mol. The maximum absolute atomic E-state index is 11.2. The highest BCUT2D eigenvalue weighted by Crippen LogP contribution is 2.26. The first-order chi connectivity index (χ1) is 8.58. The maximum atomic E-state index is 11.2. The van der Waals surface area contributed by atoms with Gasteiger partial charge < -0.3 is 4.90 Å². The molecule has 1 aromatic carbocycles. The third-order valence-electron chi connectivity index (χ3n) is 3.24. The number of rotatable bonds is 2. The van der Waals surface area contributed by atoms with Gasteiger partial charge in [-0.05, 0) is 11.6 Å². The number of hydrogen-bond acceptors (Lipinski definition) is 2. The molecule has 1 heterocycles. The molecule has 1 aliphatic heterocycles. The third-order valence-corrected chi connectivity index (χ3v) is 4.10. The maximum Gasteiger partial charge on any atom is 0.219 e. The molecule has 5 heteroatoms. The first-order valence-corrected chi connectivity index (χ1v) is 6.74. The van der Waals surface area contributed by atoms with Crippen LogP contribution in [0.5, 0.6) is 0 Å². The number of benzene rings is 1. The van der Waals surface area contributed by atoms with Crippen LogP contribution < -0.4 is 0 Å². The van der Waals surface area contributed by atoms with Crippen molar-refractivity contribution in [3.05, 3.63) is 33.8 Å². The summed E-state index contributed by atoms with van der Waals surface area (Å²) < 4.78 is 0. The minimum absolute atomic E-state index is 0.149. The van der Waals surface area contributed by atoms with Gasteiger partial charge in [-0.2, -0.15) is 0 Å². The molecule has 2 rings (SSSR count). The lowest BCUT2D eigenvalue weighted by Gasteiger charge is -2.34. The smallest absolute Gasteiger partial charge is 0.219 e. The van der Waals surface area contributed by atoms with Gasteiger partial charge in [-0.25, -0.2) is 0 Å². The van der Waals surface area contributed by atoms with Crippen LogP contribution in [0, 0.1) is 0 Å². The van der Waals surface area contributed by atoms with Gasteiger partial charge in [-0.15, -0.1) is 0 Å². The Morgan fingerprint density at radius 1 is 1.22 bits per heavy atom. The van der Waals surface area contributed by atoms with Gasteiger partial charge in [0.25, 0.3) is 0 Å². The summed E-state index contributed by atoms with van der Waals surface area (Å²) in [5, 5.41) is 1.23. The zero-order valence-corrected chi connectivity index (χ0v) is 11.8. The molecule has 98 valence electrons. The molecule has 1 amide bonds. The molecule has 0 radical (unpaired) electrons. The van der Waals surface area contributed by atoms with Crippen molar-refractivity contribution in [3.63, 3.8) is 0 Å².